The SMILES string of the molecule is Cc1nc(Oc2ccccc2F)nc(C)c1NC(=O)C1CCc2ccccc2O1. The molecule has 1 aliphatic heterocycles. The van der Waals surface area contributed by atoms with Crippen LogP contribution in [0.25, 0.3) is 0 Å². The van der Waals surface area contributed by atoms with Crippen molar-refractivity contribution >= 4 is 11.6 Å². The maximum absolute atomic E-state index is 13.8. The normalized spacial score (nSPS) is 15.2. The van der Waals surface area contributed by atoms with Crippen molar-refractivity contribution in [2.45, 2.75) is 32.8 Å². The quantitative estimate of drug-likeness (QED) is 0.713. The number of fused-ring (bicyclic) bond motifs is 1. The van der Waals surface area contributed by atoms with Crippen LogP contribution in [0.1, 0.15) is 23.4 Å². The van der Waals surface area contributed by atoms with Gasteiger partial charge in [0.05, 0.1) is 17.1 Å². The second-order valence-corrected chi connectivity index (χ2v) is 6.83. The summed E-state index contributed by atoms with van der Waals surface area (Å²) in [5.41, 5.74) is 2.64. The maximum Gasteiger partial charge on any atom is 0.322 e. The number of amides is 1. The van der Waals surface area contributed by atoms with E-state index < -0.39 is 11.9 Å². The molecule has 7 heteroatoms. The summed E-state index contributed by atoms with van der Waals surface area (Å²) >= 11 is 0. The Bertz CT molecular complexity index is 1050. The van der Waals surface area contributed by atoms with Gasteiger partial charge in [-0.25, -0.2) is 4.39 Å². The van der Waals surface area contributed by atoms with E-state index in [-0.39, 0.29) is 17.7 Å². The zero-order chi connectivity index (χ0) is 20.4. The number of para-hydroxylation sites is 2. The molecule has 1 amide bonds. The average Bonchev–Trinajstić information content (AvgIpc) is 2.72. The molecular weight excluding hydrogens is 373 g/mol. The largest absolute Gasteiger partial charge is 0.480 e. The van der Waals surface area contributed by atoms with Gasteiger partial charge in [-0.15, -0.1) is 0 Å². The highest BCUT2D eigenvalue weighted by atomic mass is 19.1. The molecule has 0 saturated carbocycles. The van der Waals surface area contributed by atoms with Crippen LogP contribution in [0.15, 0.2) is 48.5 Å². The predicted octanol–water partition coefficient (Wildman–Crippen LogP) is 4.36. The number of anilines is 1. The van der Waals surface area contributed by atoms with Crippen LogP contribution in [0.2, 0.25) is 0 Å². The molecule has 2 aromatic carbocycles. The van der Waals surface area contributed by atoms with Crippen molar-refractivity contribution in [2.24, 2.45) is 0 Å². The first kappa shape index (κ1) is 18.9. The highest BCUT2D eigenvalue weighted by Crippen LogP contribution is 2.29. The molecular formula is C22H20FN3O3. The number of benzene rings is 2. The summed E-state index contributed by atoms with van der Waals surface area (Å²) in [6.07, 6.45) is 0.784. The molecule has 1 atom stereocenters. The smallest absolute Gasteiger partial charge is 0.322 e. The molecule has 0 fully saturated rings. The van der Waals surface area contributed by atoms with Crippen LogP contribution in [-0.2, 0) is 11.2 Å². The molecule has 1 aromatic heterocycles. The number of nitrogens with one attached hydrogen (secondary N) is 1. The van der Waals surface area contributed by atoms with Crippen LogP contribution in [0, 0.1) is 19.7 Å². The molecule has 0 saturated heterocycles. The molecule has 4 rings (SSSR count). The minimum atomic E-state index is -0.585. The second-order valence-electron chi connectivity index (χ2n) is 6.83. The number of rotatable bonds is 4. The van der Waals surface area contributed by atoms with Gasteiger partial charge in [-0.1, -0.05) is 30.3 Å². The number of carbonyl (C=O) groups excluding carboxylic acids is 1. The minimum absolute atomic E-state index is 0.0194. The topological polar surface area (TPSA) is 73.3 Å². The minimum Gasteiger partial charge on any atom is -0.480 e. The standard InChI is InChI=1S/C22H20FN3O3/c1-13-20(14(2)25-22(24-13)29-18-10-6-4-8-16(18)23)26-21(27)19-12-11-15-7-3-5-9-17(15)28-19/h3-10,19H,11-12H2,1-2H3,(H,26,27). The van der Waals surface area contributed by atoms with E-state index in [1.165, 1.54) is 12.1 Å². The van der Waals surface area contributed by atoms with Crippen LogP contribution >= 0.6 is 0 Å². The van der Waals surface area contributed by atoms with Gasteiger partial charge in [0.25, 0.3) is 5.91 Å². The summed E-state index contributed by atoms with van der Waals surface area (Å²) < 4.78 is 25.1. The lowest BCUT2D eigenvalue weighted by atomic mass is 10.0. The molecule has 2 heterocycles. The van der Waals surface area contributed by atoms with E-state index in [0.717, 1.165) is 17.7 Å². The van der Waals surface area contributed by atoms with Crippen LogP contribution in [-0.4, -0.2) is 22.0 Å². The van der Waals surface area contributed by atoms with Crippen molar-refractivity contribution < 1.29 is 18.7 Å². The number of nitrogens with zero attached hydrogens (tertiary/aromatic N) is 2. The van der Waals surface area contributed by atoms with Crippen molar-refractivity contribution in [3.05, 3.63) is 71.3 Å². The Hall–Kier alpha value is -3.48. The van der Waals surface area contributed by atoms with Crippen molar-refractivity contribution in [1.82, 2.24) is 9.97 Å². The lowest BCUT2D eigenvalue weighted by Gasteiger charge is -2.25. The van der Waals surface area contributed by atoms with Gasteiger partial charge >= 0.3 is 6.01 Å². The number of hydrogen-bond donors (Lipinski definition) is 1. The summed E-state index contributed by atoms with van der Waals surface area (Å²) in [5.74, 6) is 0.0187. The zero-order valence-electron chi connectivity index (χ0n) is 16.1. The Morgan fingerprint density at radius 1 is 1.10 bits per heavy atom. The van der Waals surface area contributed by atoms with Crippen LogP contribution < -0.4 is 14.8 Å². The molecule has 1 N–H and O–H groups in total. The van der Waals surface area contributed by atoms with E-state index in [4.69, 9.17) is 9.47 Å². The summed E-state index contributed by atoms with van der Waals surface area (Å²) in [6, 6.07) is 13.8. The Morgan fingerprint density at radius 2 is 1.79 bits per heavy atom. The van der Waals surface area contributed by atoms with Gasteiger partial charge in [0.1, 0.15) is 5.75 Å². The van der Waals surface area contributed by atoms with Crippen LogP contribution in [0.5, 0.6) is 17.5 Å². The van der Waals surface area contributed by atoms with Gasteiger partial charge in [0.15, 0.2) is 17.7 Å². The number of aromatic nitrogens is 2. The fraction of sp³-hybridized carbons (Fsp3) is 0.227. The molecule has 0 radical (unpaired) electrons. The highest BCUT2D eigenvalue weighted by Gasteiger charge is 2.27. The van der Waals surface area contributed by atoms with Gasteiger partial charge in [-0.2, -0.15) is 9.97 Å². The first-order chi connectivity index (χ1) is 14.0. The number of halogens is 1. The highest BCUT2D eigenvalue weighted by molar-refractivity contribution is 5.95. The monoisotopic (exact) mass is 393 g/mol. The molecule has 3 aromatic rings. The van der Waals surface area contributed by atoms with Gasteiger partial charge in [0, 0.05) is 0 Å². The van der Waals surface area contributed by atoms with Crippen LogP contribution in [0.3, 0.4) is 0 Å². The summed E-state index contributed by atoms with van der Waals surface area (Å²) in [4.78, 5) is 21.2. The van der Waals surface area contributed by atoms with Gasteiger partial charge in [0.2, 0.25) is 0 Å². The number of aryl methyl sites for hydroxylation is 3. The molecule has 0 bridgehead atoms. The predicted molar refractivity (Wildman–Crippen MR) is 106 cm³/mol. The van der Waals surface area contributed by atoms with Gasteiger partial charge in [-0.3, -0.25) is 4.79 Å². The molecule has 148 valence electrons. The molecule has 1 unspecified atom stereocenters. The number of hydrogen-bond acceptors (Lipinski definition) is 5. The Balaban J connectivity index is 1.49. The Kier molecular flexibility index (Phi) is 5.12. The zero-order valence-corrected chi connectivity index (χ0v) is 16.1. The average molecular weight is 393 g/mol. The number of carbonyl (C=O) groups is 1. The van der Waals surface area contributed by atoms with Gasteiger partial charge in [-0.05, 0) is 50.5 Å². The van der Waals surface area contributed by atoms with E-state index >= 15 is 0 Å². The van der Waals surface area contributed by atoms with E-state index in [9.17, 15) is 9.18 Å². The Labute approximate surface area is 167 Å². The summed E-state index contributed by atoms with van der Waals surface area (Å²) in [5, 5.41) is 2.86. The molecule has 0 aliphatic carbocycles. The van der Waals surface area contributed by atoms with E-state index in [0.29, 0.717) is 23.5 Å². The lowest BCUT2D eigenvalue weighted by Crippen LogP contribution is -2.36. The van der Waals surface area contributed by atoms with Gasteiger partial charge < -0.3 is 14.8 Å². The van der Waals surface area contributed by atoms with E-state index in [1.807, 2.05) is 24.3 Å². The lowest BCUT2D eigenvalue weighted by molar-refractivity contribution is -0.123. The van der Waals surface area contributed by atoms with Crippen molar-refractivity contribution in [1.29, 1.82) is 0 Å². The third-order valence-electron chi connectivity index (χ3n) is 4.75. The second kappa shape index (κ2) is 7.87. The third kappa shape index (κ3) is 4.03. The third-order valence-corrected chi connectivity index (χ3v) is 4.75. The summed E-state index contributed by atoms with van der Waals surface area (Å²) in [6.45, 7) is 3.46. The van der Waals surface area contributed by atoms with E-state index in [2.05, 4.69) is 15.3 Å². The molecule has 0 spiro atoms. The fourth-order valence-corrected chi connectivity index (χ4v) is 3.25. The first-order valence-electron chi connectivity index (χ1n) is 9.34. The van der Waals surface area contributed by atoms with Crippen molar-refractivity contribution in [3.8, 4) is 17.5 Å². The maximum atomic E-state index is 13.8. The molecule has 1 aliphatic rings. The van der Waals surface area contributed by atoms with E-state index in [1.54, 1.807) is 26.0 Å². The molecule has 6 nitrogen and oxygen atoms in total. The van der Waals surface area contributed by atoms with Crippen molar-refractivity contribution in [3.63, 3.8) is 0 Å². The molecule has 29 heavy (non-hydrogen) atoms. The number of ether oxygens (including phenoxy) is 2. The first-order valence-corrected chi connectivity index (χ1v) is 9.34. The summed E-state index contributed by atoms with van der Waals surface area (Å²) in [7, 11) is 0. The Morgan fingerprint density at radius 3 is 2.55 bits per heavy atom. The van der Waals surface area contributed by atoms with Crippen LogP contribution in [0.4, 0.5) is 10.1 Å². The fourth-order valence-electron chi connectivity index (χ4n) is 3.25. The van der Waals surface area contributed by atoms with Crippen molar-refractivity contribution in [2.75, 3.05) is 5.32 Å².